The Labute approximate surface area is 148 Å². The van der Waals surface area contributed by atoms with Crippen molar-refractivity contribution >= 4 is 21.7 Å². The second-order valence-corrected chi connectivity index (χ2v) is 7.57. The smallest absolute Gasteiger partial charge is 0.254 e. The molecular formula is C17H22N4O3S. The number of nitrogens with two attached hydrogens (primary N) is 1. The number of rotatable bonds is 5. The van der Waals surface area contributed by atoms with Crippen LogP contribution < -0.4 is 10.0 Å². The van der Waals surface area contributed by atoms with E-state index in [1.54, 1.807) is 42.4 Å². The van der Waals surface area contributed by atoms with Crippen LogP contribution in [0.5, 0.6) is 0 Å². The first-order valence-electron chi connectivity index (χ1n) is 7.64. The number of carbonyl (C=O) groups is 1. The predicted molar refractivity (Wildman–Crippen MR) is 96.9 cm³/mol. The van der Waals surface area contributed by atoms with Gasteiger partial charge in [-0.15, -0.1) is 0 Å². The van der Waals surface area contributed by atoms with Gasteiger partial charge in [0.1, 0.15) is 5.82 Å². The summed E-state index contributed by atoms with van der Waals surface area (Å²) >= 11 is 0. The van der Waals surface area contributed by atoms with Gasteiger partial charge < -0.3 is 9.80 Å². The molecule has 0 saturated heterocycles. The van der Waals surface area contributed by atoms with E-state index in [4.69, 9.17) is 5.14 Å². The minimum atomic E-state index is -3.79. The fraction of sp³-hybridized carbons (Fsp3) is 0.294. The van der Waals surface area contributed by atoms with E-state index >= 15 is 0 Å². The molecule has 0 aliphatic rings. The average molecular weight is 362 g/mol. The first kappa shape index (κ1) is 18.9. The summed E-state index contributed by atoms with van der Waals surface area (Å²) in [6, 6.07) is 9.33. The van der Waals surface area contributed by atoms with Gasteiger partial charge in [0.2, 0.25) is 10.0 Å². The van der Waals surface area contributed by atoms with E-state index in [-0.39, 0.29) is 16.8 Å². The first-order chi connectivity index (χ1) is 11.6. The molecule has 1 amide bonds. The van der Waals surface area contributed by atoms with Crippen LogP contribution in [0, 0.1) is 0 Å². The molecule has 1 aromatic carbocycles. The summed E-state index contributed by atoms with van der Waals surface area (Å²) in [6.45, 7) is 1.83. The van der Waals surface area contributed by atoms with E-state index < -0.39 is 10.0 Å². The molecule has 2 N–H and O–H groups in total. The second-order valence-electron chi connectivity index (χ2n) is 6.01. The lowest BCUT2D eigenvalue weighted by Gasteiger charge is -2.26. The van der Waals surface area contributed by atoms with Crippen molar-refractivity contribution in [2.75, 3.05) is 26.0 Å². The van der Waals surface area contributed by atoms with Gasteiger partial charge in [0.15, 0.2) is 0 Å². The van der Waals surface area contributed by atoms with Crippen molar-refractivity contribution in [3.8, 4) is 0 Å². The largest absolute Gasteiger partial charge is 0.363 e. The van der Waals surface area contributed by atoms with Crippen LogP contribution in [0.15, 0.2) is 47.5 Å². The quantitative estimate of drug-likeness (QED) is 0.872. The lowest BCUT2D eigenvalue weighted by Crippen LogP contribution is -2.30. The number of amides is 1. The van der Waals surface area contributed by atoms with Crippen LogP contribution in [-0.4, -0.2) is 45.4 Å². The summed E-state index contributed by atoms with van der Waals surface area (Å²) < 4.78 is 23.0. The predicted octanol–water partition coefficient (Wildman–Crippen LogP) is 1.63. The molecule has 25 heavy (non-hydrogen) atoms. The first-order valence-corrected chi connectivity index (χ1v) is 9.19. The minimum absolute atomic E-state index is 0.0245. The van der Waals surface area contributed by atoms with E-state index in [9.17, 15) is 13.2 Å². The Kier molecular flexibility index (Phi) is 5.44. The van der Waals surface area contributed by atoms with Gasteiger partial charge in [-0.1, -0.05) is 12.1 Å². The SMILES string of the molecule is C[C@H](c1cccc(S(N)(=O)=O)c1)N(C)C(=O)c1ccnc(N(C)C)c1. The molecule has 0 bridgehead atoms. The number of hydrogen-bond donors (Lipinski definition) is 1. The number of carbonyl (C=O) groups excluding carboxylic acids is 1. The lowest BCUT2D eigenvalue weighted by molar-refractivity contribution is 0.0742. The maximum atomic E-state index is 12.8. The van der Waals surface area contributed by atoms with Crippen molar-refractivity contribution in [1.29, 1.82) is 0 Å². The van der Waals surface area contributed by atoms with Crippen LogP contribution in [0.2, 0.25) is 0 Å². The molecule has 1 atom stereocenters. The van der Waals surface area contributed by atoms with Gasteiger partial charge in [-0.05, 0) is 36.8 Å². The van der Waals surface area contributed by atoms with Gasteiger partial charge in [-0.2, -0.15) is 0 Å². The van der Waals surface area contributed by atoms with E-state index in [2.05, 4.69) is 4.98 Å². The van der Waals surface area contributed by atoms with Gasteiger partial charge in [-0.3, -0.25) is 4.79 Å². The molecule has 1 heterocycles. The molecule has 2 aromatic rings. The third kappa shape index (κ3) is 4.34. The van der Waals surface area contributed by atoms with Crippen LogP contribution in [0.25, 0.3) is 0 Å². The van der Waals surface area contributed by atoms with Crippen molar-refractivity contribution < 1.29 is 13.2 Å². The van der Waals surface area contributed by atoms with Gasteiger partial charge >= 0.3 is 0 Å². The molecule has 7 nitrogen and oxygen atoms in total. The minimum Gasteiger partial charge on any atom is -0.363 e. The number of sulfonamides is 1. The van der Waals surface area contributed by atoms with E-state index in [0.29, 0.717) is 16.9 Å². The van der Waals surface area contributed by atoms with Gasteiger partial charge in [0.05, 0.1) is 10.9 Å². The molecule has 0 aliphatic carbocycles. The number of benzene rings is 1. The van der Waals surface area contributed by atoms with Crippen LogP contribution in [0.4, 0.5) is 5.82 Å². The zero-order chi connectivity index (χ0) is 18.8. The second kappa shape index (κ2) is 7.20. The summed E-state index contributed by atoms with van der Waals surface area (Å²) in [5, 5.41) is 5.18. The molecule has 0 radical (unpaired) electrons. The maximum Gasteiger partial charge on any atom is 0.254 e. The highest BCUT2D eigenvalue weighted by Gasteiger charge is 2.21. The third-order valence-corrected chi connectivity index (χ3v) is 4.93. The number of primary sulfonamides is 1. The van der Waals surface area contributed by atoms with Crippen molar-refractivity contribution in [2.45, 2.75) is 17.9 Å². The fourth-order valence-electron chi connectivity index (χ4n) is 2.35. The van der Waals surface area contributed by atoms with Crippen LogP contribution in [0.1, 0.15) is 28.9 Å². The molecule has 8 heteroatoms. The lowest BCUT2D eigenvalue weighted by atomic mass is 10.1. The summed E-state index contributed by atoms with van der Waals surface area (Å²) in [4.78, 5) is 20.3. The third-order valence-electron chi connectivity index (χ3n) is 4.02. The zero-order valence-corrected chi connectivity index (χ0v) is 15.5. The van der Waals surface area contributed by atoms with E-state index in [1.165, 1.54) is 12.1 Å². The van der Waals surface area contributed by atoms with Crippen molar-refractivity contribution in [3.05, 3.63) is 53.7 Å². The number of anilines is 1. The molecule has 0 fully saturated rings. The molecule has 1 aromatic heterocycles. The fourth-order valence-corrected chi connectivity index (χ4v) is 2.92. The standard InChI is InChI=1S/C17H22N4O3S/c1-12(13-6-5-7-15(10-13)25(18,23)24)21(4)17(22)14-8-9-19-16(11-14)20(2)3/h5-12H,1-4H3,(H2,18,23,24)/t12-/m1/s1. The molecule has 0 unspecified atom stereocenters. The topological polar surface area (TPSA) is 96.6 Å². The molecule has 0 saturated carbocycles. The highest BCUT2D eigenvalue weighted by molar-refractivity contribution is 7.89. The molecule has 0 spiro atoms. The zero-order valence-electron chi connectivity index (χ0n) is 14.7. The summed E-state index contributed by atoms with van der Waals surface area (Å²) in [5.74, 6) is 0.502. The van der Waals surface area contributed by atoms with E-state index in [1.807, 2.05) is 25.9 Å². The van der Waals surface area contributed by atoms with Crippen molar-refractivity contribution in [2.24, 2.45) is 5.14 Å². The van der Waals surface area contributed by atoms with Crippen LogP contribution in [-0.2, 0) is 10.0 Å². The van der Waals surface area contributed by atoms with Gasteiger partial charge in [0, 0.05) is 32.9 Å². The number of nitrogens with zero attached hydrogens (tertiary/aromatic N) is 3. The Morgan fingerprint density at radius 3 is 2.44 bits per heavy atom. The van der Waals surface area contributed by atoms with Crippen molar-refractivity contribution in [3.63, 3.8) is 0 Å². The van der Waals surface area contributed by atoms with Crippen LogP contribution in [0.3, 0.4) is 0 Å². The van der Waals surface area contributed by atoms with Gasteiger partial charge in [-0.25, -0.2) is 18.5 Å². The summed E-state index contributed by atoms with van der Waals surface area (Å²) in [5.41, 5.74) is 1.19. The Hall–Kier alpha value is -2.45. The number of aromatic nitrogens is 1. The monoisotopic (exact) mass is 362 g/mol. The maximum absolute atomic E-state index is 12.8. The Balaban J connectivity index is 2.29. The van der Waals surface area contributed by atoms with Crippen molar-refractivity contribution in [1.82, 2.24) is 9.88 Å². The van der Waals surface area contributed by atoms with E-state index in [0.717, 1.165) is 0 Å². The Bertz CT molecular complexity index is 881. The normalized spacial score (nSPS) is 12.5. The highest BCUT2D eigenvalue weighted by Crippen LogP contribution is 2.23. The number of pyridine rings is 1. The molecule has 134 valence electrons. The van der Waals surface area contributed by atoms with Gasteiger partial charge in [0.25, 0.3) is 5.91 Å². The Morgan fingerprint density at radius 2 is 1.84 bits per heavy atom. The highest BCUT2D eigenvalue weighted by atomic mass is 32.2. The van der Waals surface area contributed by atoms with Crippen LogP contribution >= 0.6 is 0 Å². The molecular weight excluding hydrogens is 340 g/mol. The Morgan fingerprint density at radius 1 is 1.16 bits per heavy atom. The summed E-state index contributed by atoms with van der Waals surface area (Å²) in [7, 11) is 1.58. The summed E-state index contributed by atoms with van der Waals surface area (Å²) in [6.07, 6.45) is 1.59. The average Bonchev–Trinajstić information content (AvgIpc) is 2.59. The molecule has 2 rings (SSSR count). The number of hydrogen-bond acceptors (Lipinski definition) is 5. The molecule has 0 aliphatic heterocycles.